The van der Waals surface area contributed by atoms with Crippen molar-refractivity contribution in [1.82, 2.24) is 0 Å². The van der Waals surface area contributed by atoms with Crippen molar-refractivity contribution >= 4 is 49.9 Å². The molecule has 118 valence electrons. The van der Waals surface area contributed by atoms with Crippen molar-refractivity contribution in [3.8, 4) is 0 Å². The Morgan fingerprint density at radius 2 is 1.64 bits per heavy atom. The maximum Gasteiger partial charge on any atom is 0.262 e. The van der Waals surface area contributed by atoms with Crippen LogP contribution in [-0.4, -0.2) is 8.42 Å². The van der Waals surface area contributed by atoms with Gasteiger partial charge >= 0.3 is 0 Å². The lowest BCUT2D eigenvalue weighted by Crippen LogP contribution is -2.17. The Hall–Kier alpha value is -0.930. The maximum atomic E-state index is 13.8. The van der Waals surface area contributed by atoms with Gasteiger partial charge in [-0.15, -0.1) is 0 Å². The largest absolute Gasteiger partial charge is 0.274 e. The van der Waals surface area contributed by atoms with E-state index in [1.54, 1.807) is 35.6 Å². The van der Waals surface area contributed by atoms with Crippen molar-refractivity contribution < 1.29 is 17.2 Å². The summed E-state index contributed by atoms with van der Waals surface area (Å²) in [4.78, 5) is -0.116. The molecule has 0 amide bonds. The summed E-state index contributed by atoms with van der Waals surface area (Å²) in [5.41, 5.74) is 0.225. The number of anilines is 1. The van der Waals surface area contributed by atoms with Crippen molar-refractivity contribution in [1.29, 1.82) is 0 Å². The molecule has 0 aromatic heterocycles. The summed E-state index contributed by atoms with van der Waals surface area (Å²) in [6, 6.07) is 5.09. The van der Waals surface area contributed by atoms with Crippen LogP contribution in [-0.2, 0) is 10.0 Å². The fraction of sp³-hybridized carbons (Fsp3) is 0.143. The van der Waals surface area contributed by atoms with Crippen LogP contribution in [0.3, 0.4) is 0 Å². The predicted octanol–water partition coefficient (Wildman–Crippen LogP) is 4.64. The van der Waals surface area contributed by atoms with E-state index in [9.17, 15) is 17.2 Å². The van der Waals surface area contributed by atoms with Crippen LogP contribution < -0.4 is 4.72 Å². The predicted molar refractivity (Wildman–Crippen MR) is 90.8 cm³/mol. The van der Waals surface area contributed by atoms with E-state index in [0.717, 1.165) is 12.1 Å². The third kappa shape index (κ3) is 3.52. The smallest absolute Gasteiger partial charge is 0.262 e. The van der Waals surface area contributed by atoms with Gasteiger partial charge in [0.1, 0.15) is 5.69 Å². The van der Waals surface area contributed by atoms with E-state index in [1.807, 2.05) is 4.72 Å². The monoisotopic (exact) mass is 457 g/mol. The van der Waals surface area contributed by atoms with E-state index in [1.165, 1.54) is 13.0 Å². The first-order valence-corrected chi connectivity index (χ1v) is 9.00. The molecule has 1 N–H and O–H groups in total. The molecule has 22 heavy (non-hydrogen) atoms. The van der Waals surface area contributed by atoms with Gasteiger partial charge in [0.15, 0.2) is 11.6 Å². The molecule has 2 aromatic carbocycles. The lowest BCUT2D eigenvalue weighted by molar-refractivity contribution is 0.581. The number of aryl methyl sites for hydroxylation is 1. The molecule has 2 aromatic rings. The SMILES string of the molecule is Cc1cc(Cl)c(C)c(S(=O)(=O)Nc2c(F)cc(I)cc2F)c1. The first kappa shape index (κ1) is 17.4. The highest BCUT2D eigenvalue weighted by atomic mass is 127. The Balaban J connectivity index is 2.54. The molecule has 0 heterocycles. The van der Waals surface area contributed by atoms with Crippen LogP contribution in [0.25, 0.3) is 0 Å². The fourth-order valence-electron chi connectivity index (χ4n) is 1.89. The molecule has 0 saturated carbocycles. The van der Waals surface area contributed by atoms with Gasteiger partial charge in [0.05, 0.1) is 4.90 Å². The van der Waals surface area contributed by atoms with Gasteiger partial charge < -0.3 is 0 Å². The van der Waals surface area contributed by atoms with Gasteiger partial charge in [-0.2, -0.15) is 0 Å². The van der Waals surface area contributed by atoms with Crippen LogP contribution >= 0.6 is 34.2 Å². The Morgan fingerprint density at radius 1 is 1.09 bits per heavy atom. The Kier molecular flexibility index (Phi) is 4.98. The molecule has 0 unspecified atom stereocenters. The molecule has 0 spiro atoms. The second-order valence-corrected chi connectivity index (χ2v) is 8.02. The Labute approximate surface area is 145 Å². The van der Waals surface area contributed by atoms with Gasteiger partial charge in [-0.05, 0) is 71.8 Å². The third-order valence-electron chi connectivity index (χ3n) is 2.97. The topological polar surface area (TPSA) is 46.2 Å². The minimum Gasteiger partial charge on any atom is -0.274 e. The summed E-state index contributed by atoms with van der Waals surface area (Å²) < 4.78 is 54.7. The van der Waals surface area contributed by atoms with E-state index in [-0.39, 0.29) is 9.92 Å². The standard InChI is InChI=1S/C14H11ClF2INO2S/c1-7-3-10(15)8(2)13(4-7)22(20,21)19-14-11(16)5-9(18)6-12(14)17/h3-6,19H,1-2H3. The number of halogens is 4. The summed E-state index contributed by atoms with van der Waals surface area (Å²) in [6.45, 7) is 3.20. The highest BCUT2D eigenvalue weighted by molar-refractivity contribution is 14.1. The van der Waals surface area contributed by atoms with E-state index < -0.39 is 27.3 Å². The molecule has 0 atom stereocenters. The molecule has 8 heteroatoms. The second-order valence-electron chi connectivity index (χ2n) is 4.72. The molecule has 2 rings (SSSR count). The number of sulfonamides is 1. The average Bonchev–Trinajstić information content (AvgIpc) is 2.38. The summed E-state index contributed by atoms with van der Waals surface area (Å²) in [7, 11) is -4.16. The first-order valence-electron chi connectivity index (χ1n) is 6.06. The number of hydrogen-bond acceptors (Lipinski definition) is 2. The number of hydrogen-bond donors (Lipinski definition) is 1. The van der Waals surface area contributed by atoms with E-state index in [2.05, 4.69) is 0 Å². The summed E-state index contributed by atoms with van der Waals surface area (Å²) in [5.74, 6) is -1.96. The Bertz CT molecular complexity index is 833. The fourth-order valence-corrected chi connectivity index (χ4v) is 4.20. The molecular formula is C14H11ClF2INO2S. The molecule has 0 fully saturated rings. The normalized spacial score (nSPS) is 11.5. The van der Waals surface area contributed by atoms with Crippen molar-refractivity contribution in [2.75, 3.05) is 4.72 Å². The number of benzene rings is 2. The number of rotatable bonds is 3. The maximum absolute atomic E-state index is 13.8. The molecule has 3 nitrogen and oxygen atoms in total. The van der Waals surface area contributed by atoms with E-state index in [4.69, 9.17) is 11.6 Å². The molecule has 0 radical (unpaired) electrons. The van der Waals surface area contributed by atoms with Gasteiger partial charge in [0, 0.05) is 8.59 Å². The van der Waals surface area contributed by atoms with Gasteiger partial charge in [-0.3, -0.25) is 4.72 Å². The molecule has 0 bridgehead atoms. The van der Waals surface area contributed by atoms with Crippen LogP contribution in [0.15, 0.2) is 29.2 Å². The van der Waals surface area contributed by atoms with Crippen molar-refractivity contribution in [3.63, 3.8) is 0 Å². The number of nitrogens with one attached hydrogen (secondary N) is 1. The van der Waals surface area contributed by atoms with Gasteiger partial charge in [-0.25, -0.2) is 17.2 Å². The minimum absolute atomic E-state index is 0.116. The summed E-state index contributed by atoms with van der Waals surface area (Å²) in [6.07, 6.45) is 0. The zero-order chi connectivity index (χ0) is 16.7. The zero-order valence-electron chi connectivity index (χ0n) is 11.5. The van der Waals surface area contributed by atoms with Crippen LogP contribution in [0.2, 0.25) is 5.02 Å². The first-order chi connectivity index (χ1) is 10.1. The lowest BCUT2D eigenvalue weighted by atomic mass is 10.2. The third-order valence-corrected chi connectivity index (χ3v) is 5.47. The van der Waals surface area contributed by atoms with Crippen LogP contribution in [0.4, 0.5) is 14.5 Å². The van der Waals surface area contributed by atoms with Crippen molar-refractivity contribution in [2.45, 2.75) is 18.7 Å². The summed E-state index contributed by atoms with van der Waals surface area (Å²) in [5, 5.41) is 0.268. The lowest BCUT2D eigenvalue weighted by Gasteiger charge is -2.13. The highest BCUT2D eigenvalue weighted by Crippen LogP contribution is 2.29. The molecule has 0 aliphatic rings. The van der Waals surface area contributed by atoms with Gasteiger partial charge in [0.25, 0.3) is 10.0 Å². The van der Waals surface area contributed by atoms with Crippen molar-refractivity contribution in [2.24, 2.45) is 0 Å². The van der Waals surface area contributed by atoms with E-state index in [0.29, 0.717) is 14.7 Å². The Morgan fingerprint density at radius 3 is 2.18 bits per heavy atom. The van der Waals surface area contributed by atoms with Crippen LogP contribution in [0.5, 0.6) is 0 Å². The highest BCUT2D eigenvalue weighted by Gasteiger charge is 2.23. The van der Waals surface area contributed by atoms with Crippen LogP contribution in [0.1, 0.15) is 11.1 Å². The summed E-state index contributed by atoms with van der Waals surface area (Å²) >= 11 is 7.71. The van der Waals surface area contributed by atoms with Gasteiger partial charge in [0.2, 0.25) is 0 Å². The second kappa shape index (κ2) is 6.29. The van der Waals surface area contributed by atoms with Crippen LogP contribution in [0, 0.1) is 29.1 Å². The quantitative estimate of drug-likeness (QED) is 0.683. The average molecular weight is 458 g/mol. The zero-order valence-corrected chi connectivity index (χ0v) is 15.3. The molecule has 0 aliphatic heterocycles. The van der Waals surface area contributed by atoms with E-state index >= 15 is 0 Å². The van der Waals surface area contributed by atoms with Crippen molar-refractivity contribution in [3.05, 3.63) is 55.6 Å². The molecule has 0 aliphatic carbocycles. The molecule has 0 saturated heterocycles. The molecular weight excluding hydrogens is 447 g/mol. The van der Waals surface area contributed by atoms with Gasteiger partial charge in [-0.1, -0.05) is 11.6 Å². The minimum atomic E-state index is -4.16.